The van der Waals surface area contributed by atoms with Gasteiger partial charge in [-0.05, 0) is 5.56 Å². The molecule has 1 aromatic rings. The number of likely N-dealkylation sites (N-methyl/N-ethyl adjacent to an activating group) is 1. The highest BCUT2D eigenvalue weighted by molar-refractivity contribution is 6.06. The number of imide groups is 1. The molecule has 0 spiro atoms. The summed E-state index contributed by atoms with van der Waals surface area (Å²) in [5.41, 5.74) is 6.47. The number of likely N-dealkylation sites (tertiary alicyclic amines) is 1. The van der Waals surface area contributed by atoms with Gasteiger partial charge in [0.1, 0.15) is 12.1 Å². The molecule has 1 fully saturated rings. The molecule has 0 saturated carbocycles. The van der Waals surface area contributed by atoms with Crippen LogP contribution in [0.3, 0.4) is 0 Å². The Morgan fingerprint density at radius 1 is 1.37 bits per heavy atom. The van der Waals surface area contributed by atoms with Gasteiger partial charge in [0.25, 0.3) is 5.91 Å². The van der Waals surface area contributed by atoms with Crippen molar-refractivity contribution in [1.82, 2.24) is 10.2 Å². The summed E-state index contributed by atoms with van der Waals surface area (Å²) in [7, 11) is 1.40. The van der Waals surface area contributed by atoms with E-state index in [0.29, 0.717) is 5.56 Å². The third-order valence-corrected chi connectivity index (χ3v) is 3.14. The van der Waals surface area contributed by atoms with Gasteiger partial charge in [0, 0.05) is 7.05 Å². The lowest BCUT2D eigenvalue weighted by molar-refractivity contribution is -0.138. The number of carbonyl (C=O) groups is 3. The largest absolute Gasteiger partial charge is 0.342 e. The highest BCUT2D eigenvalue weighted by atomic mass is 16.2. The molecule has 1 aliphatic rings. The number of nitrogens with one attached hydrogen (secondary N) is 1. The molecule has 0 aromatic heterocycles. The number of carbonyl (C=O) groups excluding carboxylic acids is 3. The van der Waals surface area contributed by atoms with Crippen LogP contribution in [-0.2, 0) is 14.4 Å². The minimum Gasteiger partial charge on any atom is -0.342 e. The summed E-state index contributed by atoms with van der Waals surface area (Å²) >= 11 is 0. The number of rotatable bonds is 3. The Hall–Kier alpha value is -2.21. The molecule has 1 aromatic carbocycles. The summed E-state index contributed by atoms with van der Waals surface area (Å²) in [6.45, 7) is 0. The van der Waals surface area contributed by atoms with Crippen molar-refractivity contribution in [3.05, 3.63) is 35.9 Å². The summed E-state index contributed by atoms with van der Waals surface area (Å²) in [6.07, 6.45) is -0.0113. The summed E-state index contributed by atoms with van der Waals surface area (Å²) in [4.78, 5) is 36.0. The normalized spacial score (nSPS) is 20.5. The summed E-state index contributed by atoms with van der Waals surface area (Å²) in [6, 6.07) is 7.19. The Labute approximate surface area is 110 Å². The van der Waals surface area contributed by atoms with Gasteiger partial charge in [-0.3, -0.25) is 19.3 Å². The fraction of sp³-hybridized carbons (Fsp3) is 0.308. The van der Waals surface area contributed by atoms with E-state index in [1.54, 1.807) is 24.3 Å². The second kappa shape index (κ2) is 5.19. The molecule has 0 radical (unpaired) electrons. The van der Waals surface area contributed by atoms with Crippen LogP contribution in [0.4, 0.5) is 0 Å². The van der Waals surface area contributed by atoms with Crippen molar-refractivity contribution >= 4 is 17.7 Å². The van der Waals surface area contributed by atoms with Crippen LogP contribution in [0.1, 0.15) is 18.0 Å². The molecule has 19 heavy (non-hydrogen) atoms. The molecule has 100 valence electrons. The fourth-order valence-electron chi connectivity index (χ4n) is 1.94. The van der Waals surface area contributed by atoms with E-state index in [2.05, 4.69) is 5.32 Å². The van der Waals surface area contributed by atoms with Crippen molar-refractivity contribution in [2.24, 2.45) is 5.73 Å². The maximum atomic E-state index is 11.9. The van der Waals surface area contributed by atoms with Gasteiger partial charge >= 0.3 is 0 Å². The lowest BCUT2D eigenvalue weighted by Gasteiger charge is -2.15. The molecule has 3 amide bonds. The monoisotopic (exact) mass is 261 g/mol. The van der Waals surface area contributed by atoms with Crippen LogP contribution in [0, 0.1) is 0 Å². The number of amides is 3. The third-order valence-electron chi connectivity index (χ3n) is 3.14. The maximum absolute atomic E-state index is 11.9. The van der Waals surface area contributed by atoms with E-state index in [-0.39, 0.29) is 12.3 Å². The van der Waals surface area contributed by atoms with Crippen molar-refractivity contribution in [3.63, 3.8) is 0 Å². The molecule has 0 aliphatic carbocycles. The van der Waals surface area contributed by atoms with Crippen LogP contribution in [0.2, 0.25) is 0 Å². The zero-order valence-electron chi connectivity index (χ0n) is 10.5. The Kier molecular flexibility index (Phi) is 3.62. The van der Waals surface area contributed by atoms with Crippen LogP contribution >= 0.6 is 0 Å². The second-order valence-electron chi connectivity index (χ2n) is 4.44. The molecule has 1 heterocycles. The predicted molar refractivity (Wildman–Crippen MR) is 67.7 cm³/mol. The standard InChI is InChI=1S/C13H15N3O3/c1-16-10(17)7-9(13(16)19)15-12(18)11(14)8-5-3-2-4-6-8/h2-6,9,11H,7,14H2,1H3,(H,15,18). The van der Waals surface area contributed by atoms with Crippen LogP contribution in [-0.4, -0.2) is 35.7 Å². The molecule has 6 heteroatoms. The van der Waals surface area contributed by atoms with E-state index in [0.717, 1.165) is 4.90 Å². The van der Waals surface area contributed by atoms with Crippen molar-refractivity contribution < 1.29 is 14.4 Å². The van der Waals surface area contributed by atoms with Gasteiger partial charge in [0.05, 0.1) is 6.42 Å². The molecule has 6 nitrogen and oxygen atoms in total. The average molecular weight is 261 g/mol. The SMILES string of the molecule is CN1C(=O)CC(NC(=O)C(N)c2ccccc2)C1=O. The number of hydrogen-bond acceptors (Lipinski definition) is 4. The lowest BCUT2D eigenvalue weighted by atomic mass is 10.1. The van der Waals surface area contributed by atoms with E-state index in [1.807, 2.05) is 6.07 Å². The summed E-state index contributed by atoms with van der Waals surface area (Å²) in [5, 5.41) is 2.51. The predicted octanol–water partition coefficient (Wildman–Crippen LogP) is -0.440. The molecule has 2 unspecified atom stereocenters. The van der Waals surface area contributed by atoms with Crippen molar-refractivity contribution in [2.45, 2.75) is 18.5 Å². The van der Waals surface area contributed by atoms with E-state index in [4.69, 9.17) is 5.73 Å². The molecule has 1 saturated heterocycles. The molecule has 0 bridgehead atoms. The Bertz CT molecular complexity index is 515. The Morgan fingerprint density at radius 3 is 2.53 bits per heavy atom. The highest BCUT2D eigenvalue weighted by Gasteiger charge is 2.37. The molecule has 3 N–H and O–H groups in total. The summed E-state index contributed by atoms with van der Waals surface area (Å²) < 4.78 is 0. The number of nitrogens with two attached hydrogens (primary N) is 1. The van der Waals surface area contributed by atoms with E-state index >= 15 is 0 Å². The first kappa shape index (κ1) is 13.2. The molecular formula is C13H15N3O3. The zero-order valence-corrected chi connectivity index (χ0v) is 10.5. The van der Waals surface area contributed by atoms with Crippen molar-refractivity contribution in [2.75, 3.05) is 7.05 Å². The minimum absolute atomic E-state index is 0.0113. The van der Waals surface area contributed by atoms with E-state index in [9.17, 15) is 14.4 Å². The van der Waals surface area contributed by atoms with Crippen molar-refractivity contribution in [1.29, 1.82) is 0 Å². The van der Waals surface area contributed by atoms with Crippen LogP contribution < -0.4 is 11.1 Å². The van der Waals surface area contributed by atoms with Crippen molar-refractivity contribution in [3.8, 4) is 0 Å². The summed E-state index contributed by atoms with van der Waals surface area (Å²) in [5.74, 6) is -1.17. The first-order valence-electron chi connectivity index (χ1n) is 5.92. The van der Waals surface area contributed by atoms with Gasteiger partial charge < -0.3 is 11.1 Å². The van der Waals surface area contributed by atoms with Gasteiger partial charge in [0.15, 0.2) is 0 Å². The highest BCUT2D eigenvalue weighted by Crippen LogP contribution is 2.14. The average Bonchev–Trinajstić information content (AvgIpc) is 2.66. The smallest absolute Gasteiger partial charge is 0.252 e. The fourth-order valence-corrected chi connectivity index (χ4v) is 1.94. The third kappa shape index (κ3) is 2.63. The number of benzene rings is 1. The quantitative estimate of drug-likeness (QED) is 0.721. The van der Waals surface area contributed by atoms with Crippen LogP contribution in [0.25, 0.3) is 0 Å². The number of hydrogen-bond donors (Lipinski definition) is 2. The zero-order chi connectivity index (χ0) is 14.0. The van der Waals surface area contributed by atoms with Gasteiger partial charge in [-0.25, -0.2) is 0 Å². The Balaban J connectivity index is 2.02. The first-order valence-corrected chi connectivity index (χ1v) is 5.92. The minimum atomic E-state index is -0.852. The van der Waals surface area contributed by atoms with E-state index < -0.39 is 23.9 Å². The molecule has 2 atom stereocenters. The molecule has 2 rings (SSSR count). The van der Waals surface area contributed by atoms with Gasteiger partial charge in [-0.2, -0.15) is 0 Å². The maximum Gasteiger partial charge on any atom is 0.252 e. The Morgan fingerprint density at radius 2 is 2.00 bits per heavy atom. The first-order chi connectivity index (χ1) is 9.00. The molecule has 1 aliphatic heterocycles. The second-order valence-corrected chi connectivity index (χ2v) is 4.44. The van der Waals surface area contributed by atoms with Gasteiger partial charge in [0.2, 0.25) is 11.8 Å². The lowest BCUT2D eigenvalue weighted by Crippen LogP contribution is -2.44. The molecular weight excluding hydrogens is 246 g/mol. The number of nitrogens with zero attached hydrogens (tertiary/aromatic N) is 1. The van der Waals surface area contributed by atoms with E-state index in [1.165, 1.54) is 7.05 Å². The van der Waals surface area contributed by atoms with Crippen LogP contribution in [0.15, 0.2) is 30.3 Å². The van der Waals surface area contributed by atoms with Crippen LogP contribution in [0.5, 0.6) is 0 Å². The van der Waals surface area contributed by atoms with Gasteiger partial charge in [-0.15, -0.1) is 0 Å². The van der Waals surface area contributed by atoms with Gasteiger partial charge in [-0.1, -0.05) is 30.3 Å². The topological polar surface area (TPSA) is 92.5 Å².